The summed E-state index contributed by atoms with van der Waals surface area (Å²) in [5, 5.41) is 0. The Kier molecular flexibility index (Phi) is 6.58. The van der Waals surface area contributed by atoms with Crippen LogP contribution in [0.2, 0.25) is 0 Å². The normalized spacial score (nSPS) is 14.0. The van der Waals surface area contributed by atoms with Crippen molar-refractivity contribution in [3.05, 3.63) is 24.3 Å². The average Bonchev–Trinajstić information content (AvgIpc) is 2.67. The molecule has 0 bridgehead atoms. The molecule has 1 fully saturated rings. The van der Waals surface area contributed by atoms with Gasteiger partial charge in [-0.1, -0.05) is 12.1 Å². The number of carbonyl (C=O) groups excluding carboxylic acids is 3. The maximum Gasteiger partial charge on any atom is 0.323 e. The van der Waals surface area contributed by atoms with Gasteiger partial charge in [0.05, 0.1) is 20.1 Å². The number of hydrogen-bond acceptors (Lipinski definition) is 6. The summed E-state index contributed by atoms with van der Waals surface area (Å²) in [6.07, 6.45) is 0.218. The van der Waals surface area contributed by atoms with E-state index in [1.165, 1.54) is 4.90 Å². The minimum atomic E-state index is -0.856. The molecule has 2 rings (SSSR count). The van der Waals surface area contributed by atoms with Gasteiger partial charge in [-0.3, -0.25) is 19.8 Å². The highest BCUT2D eigenvalue weighted by Crippen LogP contribution is 2.25. The summed E-state index contributed by atoms with van der Waals surface area (Å²) in [5.74, 6) is 4.53. The van der Waals surface area contributed by atoms with Crippen LogP contribution in [0.5, 0.6) is 11.5 Å². The Labute approximate surface area is 145 Å². The van der Waals surface area contributed by atoms with Crippen LogP contribution in [0.15, 0.2) is 24.3 Å². The molecular formula is C16H22N4O5. The van der Waals surface area contributed by atoms with Gasteiger partial charge in [-0.05, 0) is 12.1 Å². The molecule has 0 aliphatic carbocycles. The molecule has 0 saturated carbocycles. The highest BCUT2D eigenvalue weighted by Gasteiger charge is 2.27. The Hall–Kier alpha value is -2.81. The van der Waals surface area contributed by atoms with Gasteiger partial charge in [0, 0.05) is 26.2 Å². The Morgan fingerprint density at radius 1 is 1.08 bits per heavy atom. The number of benzene rings is 1. The van der Waals surface area contributed by atoms with E-state index >= 15 is 0 Å². The van der Waals surface area contributed by atoms with E-state index < -0.39 is 11.8 Å². The maximum absolute atomic E-state index is 12.2. The van der Waals surface area contributed by atoms with Gasteiger partial charge in [-0.15, -0.1) is 0 Å². The fraction of sp³-hybridized carbons (Fsp3) is 0.438. The van der Waals surface area contributed by atoms with Crippen molar-refractivity contribution in [3.63, 3.8) is 0 Å². The monoisotopic (exact) mass is 350 g/mol. The van der Waals surface area contributed by atoms with Gasteiger partial charge >= 0.3 is 11.8 Å². The predicted octanol–water partition coefficient (Wildman–Crippen LogP) is -0.875. The molecule has 1 heterocycles. The lowest BCUT2D eigenvalue weighted by atomic mass is 10.2. The third-order valence-corrected chi connectivity index (χ3v) is 3.89. The van der Waals surface area contributed by atoms with Gasteiger partial charge in [-0.25, -0.2) is 5.84 Å². The zero-order valence-electron chi connectivity index (χ0n) is 14.1. The van der Waals surface area contributed by atoms with Crippen molar-refractivity contribution in [1.29, 1.82) is 0 Å². The number of ether oxygens (including phenoxy) is 2. The quantitative estimate of drug-likeness (QED) is 0.309. The number of nitrogens with one attached hydrogen (secondary N) is 1. The van der Waals surface area contributed by atoms with E-state index in [2.05, 4.69) is 0 Å². The largest absolute Gasteiger partial charge is 0.493 e. The van der Waals surface area contributed by atoms with E-state index in [1.807, 2.05) is 17.6 Å². The number of nitrogens with two attached hydrogens (primary N) is 1. The number of para-hydroxylation sites is 2. The number of carbonyl (C=O) groups is 3. The summed E-state index contributed by atoms with van der Waals surface area (Å²) in [5.41, 5.74) is 1.81. The lowest BCUT2D eigenvalue weighted by Crippen LogP contribution is -2.54. The first kappa shape index (κ1) is 18.5. The second kappa shape index (κ2) is 8.88. The van der Waals surface area contributed by atoms with Crippen molar-refractivity contribution < 1.29 is 23.9 Å². The molecule has 1 aromatic rings. The number of rotatable bonds is 5. The molecule has 1 aliphatic heterocycles. The van der Waals surface area contributed by atoms with Crippen LogP contribution in [0.3, 0.4) is 0 Å². The molecule has 25 heavy (non-hydrogen) atoms. The third-order valence-electron chi connectivity index (χ3n) is 3.89. The van der Waals surface area contributed by atoms with Crippen molar-refractivity contribution in [2.45, 2.75) is 6.42 Å². The Morgan fingerprint density at radius 3 is 2.28 bits per heavy atom. The van der Waals surface area contributed by atoms with Gasteiger partial charge < -0.3 is 19.3 Å². The molecule has 0 aromatic heterocycles. The van der Waals surface area contributed by atoms with E-state index in [4.69, 9.17) is 15.3 Å². The Balaban J connectivity index is 1.75. The number of hydrazine groups is 1. The summed E-state index contributed by atoms with van der Waals surface area (Å²) in [7, 11) is 1.55. The Bertz CT molecular complexity index is 629. The smallest absolute Gasteiger partial charge is 0.323 e. The molecule has 3 N–H and O–H groups in total. The molecular weight excluding hydrogens is 328 g/mol. The van der Waals surface area contributed by atoms with Gasteiger partial charge in [-0.2, -0.15) is 0 Å². The van der Waals surface area contributed by atoms with E-state index in [1.54, 1.807) is 24.1 Å². The first-order valence-electron chi connectivity index (χ1n) is 7.90. The number of piperazine rings is 1. The molecule has 1 aliphatic rings. The van der Waals surface area contributed by atoms with Gasteiger partial charge in [0.2, 0.25) is 5.91 Å². The van der Waals surface area contributed by atoms with Crippen LogP contribution in [-0.2, 0) is 14.4 Å². The minimum absolute atomic E-state index is 0.0646. The summed E-state index contributed by atoms with van der Waals surface area (Å²) >= 11 is 0. The number of nitrogens with zero attached hydrogens (tertiary/aromatic N) is 2. The zero-order chi connectivity index (χ0) is 18.2. The summed E-state index contributed by atoms with van der Waals surface area (Å²) < 4.78 is 10.8. The zero-order valence-corrected chi connectivity index (χ0v) is 14.1. The number of hydrogen-bond donors (Lipinski definition) is 2. The average molecular weight is 350 g/mol. The molecule has 1 saturated heterocycles. The van der Waals surface area contributed by atoms with E-state index in [0.717, 1.165) is 0 Å². The van der Waals surface area contributed by atoms with E-state index in [9.17, 15) is 14.4 Å². The van der Waals surface area contributed by atoms with E-state index in [-0.39, 0.29) is 18.9 Å². The fourth-order valence-corrected chi connectivity index (χ4v) is 2.51. The molecule has 0 spiro atoms. The second-order valence-corrected chi connectivity index (χ2v) is 5.40. The van der Waals surface area contributed by atoms with Crippen LogP contribution >= 0.6 is 0 Å². The van der Waals surface area contributed by atoms with Crippen LogP contribution in [-0.4, -0.2) is 67.4 Å². The highest BCUT2D eigenvalue weighted by atomic mass is 16.5. The van der Waals surface area contributed by atoms with Crippen LogP contribution in [0.1, 0.15) is 6.42 Å². The SMILES string of the molecule is COc1ccccc1OCCC(=O)N1CCN(C(=O)C(=O)NN)CC1. The minimum Gasteiger partial charge on any atom is -0.493 e. The van der Waals surface area contributed by atoms with Crippen molar-refractivity contribution in [2.75, 3.05) is 39.9 Å². The van der Waals surface area contributed by atoms with Crippen LogP contribution in [0.4, 0.5) is 0 Å². The van der Waals surface area contributed by atoms with Crippen molar-refractivity contribution in [3.8, 4) is 11.5 Å². The lowest BCUT2D eigenvalue weighted by molar-refractivity contribution is -0.148. The predicted molar refractivity (Wildman–Crippen MR) is 88.6 cm³/mol. The highest BCUT2D eigenvalue weighted by molar-refractivity contribution is 6.34. The number of methoxy groups -OCH3 is 1. The van der Waals surface area contributed by atoms with Crippen LogP contribution in [0, 0.1) is 0 Å². The molecule has 9 nitrogen and oxygen atoms in total. The molecule has 9 heteroatoms. The first-order chi connectivity index (χ1) is 12.1. The second-order valence-electron chi connectivity index (χ2n) is 5.40. The molecule has 0 radical (unpaired) electrons. The lowest BCUT2D eigenvalue weighted by Gasteiger charge is -2.34. The molecule has 3 amide bonds. The van der Waals surface area contributed by atoms with E-state index in [0.29, 0.717) is 37.7 Å². The van der Waals surface area contributed by atoms with Gasteiger partial charge in [0.1, 0.15) is 0 Å². The first-order valence-corrected chi connectivity index (χ1v) is 7.90. The summed E-state index contributed by atoms with van der Waals surface area (Å²) in [6, 6.07) is 7.22. The van der Waals surface area contributed by atoms with Crippen LogP contribution in [0.25, 0.3) is 0 Å². The molecule has 0 atom stereocenters. The summed E-state index contributed by atoms with van der Waals surface area (Å²) in [4.78, 5) is 38.2. The fourth-order valence-electron chi connectivity index (χ4n) is 2.51. The molecule has 136 valence electrons. The molecule has 1 aromatic carbocycles. The maximum atomic E-state index is 12.2. The summed E-state index contributed by atoms with van der Waals surface area (Å²) in [6.45, 7) is 1.57. The number of amides is 3. The van der Waals surface area contributed by atoms with Crippen molar-refractivity contribution >= 4 is 17.7 Å². The van der Waals surface area contributed by atoms with Crippen molar-refractivity contribution in [2.24, 2.45) is 5.84 Å². The topological polar surface area (TPSA) is 114 Å². The molecule has 0 unspecified atom stereocenters. The van der Waals surface area contributed by atoms with Crippen molar-refractivity contribution in [1.82, 2.24) is 15.2 Å². The van der Waals surface area contributed by atoms with Gasteiger partial charge in [0.15, 0.2) is 11.5 Å². The Morgan fingerprint density at radius 2 is 1.68 bits per heavy atom. The van der Waals surface area contributed by atoms with Gasteiger partial charge in [0.25, 0.3) is 0 Å². The van der Waals surface area contributed by atoms with Crippen LogP contribution < -0.4 is 20.7 Å². The third kappa shape index (κ3) is 4.83. The standard InChI is InChI=1S/C16H22N4O5/c1-24-12-4-2-3-5-13(12)25-11-6-14(21)19-7-9-20(10-8-19)16(23)15(22)18-17/h2-5H,6-11,17H2,1H3,(H,18,22).